The van der Waals surface area contributed by atoms with E-state index in [0.29, 0.717) is 4.47 Å². The maximum absolute atomic E-state index is 12.5. The smallest absolute Gasteiger partial charge is 0.340 e. The predicted octanol–water partition coefficient (Wildman–Crippen LogP) is 3.60. The third-order valence-corrected chi connectivity index (χ3v) is 2.50. The van der Waals surface area contributed by atoms with Crippen LogP contribution in [0.4, 0.5) is 17.6 Å². The zero-order valence-electron chi connectivity index (χ0n) is 8.26. The van der Waals surface area contributed by atoms with E-state index in [1.807, 2.05) is 0 Å². The van der Waals surface area contributed by atoms with E-state index in [2.05, 4.69) is 20.7 Å². The van der Waals surface area contributed by atoms with Crippen LogP contribution in [0.5, 0.6) is 5.75 Å². The van der Waals surface area contributed by atoms with Gasteiger partial charge in [-0.3, -0.25) is 0 Å². The molecule has 7 heteroatoms. The molecular weight excluding hydrogens is 306 g/mol. The van der Waals surface area contributed by atoms with Crippen LogP contribution >= 0.6 is 15.9 Å². The summed E-state index contributed by atoms with van der Waals surface area (Å²) in [5.41, 5.74) is 0.169. The standard InChI is InChI=1S/C10H6BrF4NO/c11-8-2-1-7(3-6(8)4-16)17-5-10(14,15)9(12)13/h1-3,9H,5H2. The molecule has 0 aliphatic rings. The molecule has 0 saturated heterocycles. The van der Waals surface area contributed by atoms with Crippen LogP contribution in [0.15, 0.2) is 22.7 Å². The van der Waals surface area contributed by atoms with Crippen LogP contribution in [0, 0.1) is 11.3 Å². The Balaban J connectivity index is 2.74. The minimum atomic E-state index is -4.21. The van der Waals surface area contributed by atoms with Gasteiger partial charge in [-0.1, -0.05) is 0 Å². The lowest BCUT2D eigenvalue weighted by Gasteiger charge is -2.16. The average molecular weight is 312 g/mol. The first-order valence-corrected chi connectivity index (χ1v) is 5.14. The van der Waals surface area contributed by atoms with Crippen LogP contribution in [-0.2, 0) is 0 Å². The molecule has 1 aromatic carbocycles. The van der Waals surface area contributed by atoms with Crippen LogP contribution in [-0.4, -0.2) is 19.0 Å². The Labute approximate surface area is 103 Å². The molecule has 0 fully saturated rings. The van der Waals surface area contributed by atoms with Gasteiger partial charge in [-0.05, 0) is 34.1 Å². The second kappa shape index (κ2) is 5.36. The van der Waals surface area contributed by atoms with Crippen molar-refractivity contribution in [3.05, 3.63) is 28.2 Å². The van der Waals surface area contributed by atoms with E-state index in [1.165, 1.54) is 18.2 Å². The molecule has 0 aromatic heterocycles. The van der Waals surface area contributed by atoms with Crippen molar-refractivity contribution in [3.8, 4) is 11.8 Å². The molecule has 92 valence electrons. The van der Waals surface area contributed by atoms with Gasteiger partial charge in [0.1, 0.15) is 11.8 Å². The molecule has 1 rings (SSSR count). The first-order chi connectivity index (χ1) is 7.86. The highest BCUT2D eigenvalue weighted by molar-refractivity contribution is 9.10. The van der Waals surface area contributed by atoms with Crippen LogP contribution in [0.2, 0.25) is 0 Å². The summed E-state index contributed by atoms with van der Waals surface area (Å²) in [6.07, 6.45) is -3.78. The van der Waals surface area contributed by atoms with Gasteiger partial charge in [0.15, 0.2) is 6.61 Å². The molecule has 0 atom stereocenters. The van der Waals surface area contributed by atoms with Gasteiger partial charge in [0.05, 0.1) is 5.56 Å². The van der Waals surface area contributed by atoms with Gasteiger partial charge in [0.2, 0.25) is 0 Å². The Hall–Kier alpha value is -1.29. The van der Waals surface area contributed by atoms with Crippen molar-refractivity contribution in [1.82, 2.24) is 0 Å². The van der Waals surface area contributed by atoms with Gasteiger partial charge < -0.3 is 4.74 Å². The lowest BCUT2D eigenvalue weighted by Crippen LogP contribution is -2.33. The molecule has 2 nitrogen and oxygen atoms in total. The number of nitriles is 1. The van der Waals surface area contributed by atoms with E-state index in [4.69, 9.17) is 5.26 Å². The Morgan fingerprint density at radius 1 is 1.41 bits per heavy atom. The molecule has 1 aromatic rings. The van der Waals surface area contributed by atoms with Crippen molar-refractivity contribution in [2.24, 2.45) is 0 Å². The van der Waals surface area contributed by atoms with Crippen LogP contribution in [0.25, 0.3) is 0 Å². The second-order valence-electron chi connectivity index (χ2n) is 3.10. The average Bonchev–Trinajstić information content (AvgIpc) is 2.28. The maximum atomic E-state index is 12.5. The van der Waals surface area contributed by atoms with Gasteiger partial charge in [0, 0.05) is 4.47 Å². The van der Waals surface area contributed by atoms with Crippen LogP contribution in [0.3, 0.4) is 0 Å². The Kier molecular flexibility index (Phi) is 4.34. The molecule has 0 saturated carbocycles. The molecule has 0 aliphatic heterocycles. The minimum Gasteiger partial charge on any atom is -0.487 e. The van der Waals surface area contributed by atoms with Gasteiger partial charge >= 0.3 is 12.3 Å². The van der Waals surface area contributed by atoms with Crippen molar-refractivity contribution in [2.75, 3.05) is 6.61 Å². The predicted molar refractivity (Wildman–Crippen MR) is 55.3 cm³/mol. The Morgan fingerprint density at radius 2 is 2.06 bits per heavy atom. The van der Waals surface area contributed by atoms with Gasteiger partial charge in [-0.15, -0.1) is 0 Å². The first-order valence-electron chi connectivity index (χ1n) is 4.35. The number of nitrogens with zero attached hydrogens (tertiary/aromatic N) is 1. The maximum Gasteiger partial charge on any atom is 0.340 e. The number of alkyl halides is 4. The fourth-order valence-electron chi connectivity index (χ4n) is 0.922. The Bertz CT molecular complexity index is 444. The third kappa shape index (κ3) is 3.60. The summed E-state index contributed by atoms with van der Waals surface area (Å²) in [7, 11) is 0. The SMILES string of the molecule is N#Cc1cc(OCC(F)(F)C(F)F)ccc1Br. The highest BCUT2D eigenvalue weighted by atomic mass is 79.9. The van der Waals surface area contributed by atoms with Crippen molar-refractivity contribution >= 4 is 15.9 Å². The highest BCUT2D eigenvalue weighted by Gasteiger charge is 2.41. The van der Waals surface area contributed by atoms with E-state index in [1.54, 1.807) is 6.07 Å². The van der Waals surface area contributed by atoms with Gasteiger partial charge in [0.25, 0.3) is 0 Å². The fourth-order valence-corrected chi connectivity index (χ4v) is 1.26. The van der Waals surface area contributed by atoms with Crippen LogP contribution in [0.1, 0.15) is 5.56 Å². The molecule has 0 amide bonds. The molecule has 0 unspecified atom stereocenters. The summed E-state index contributed by atoms with van der Waals surface area (Å²) in [6, 6.07) is 5.69. The van der Waals surface area contributed by atoms with E-state index in [0.717, 1.165) is 0 Å². The number of halogens is 5. The van der Waals surface area contributed by atoms with E-state index in [9.17, 15) is 17.6 Å². The van der Waals surface area contributed by atoms with Crippen LogP contribution < -0.4 is 4.74 Å². The van der Waals surface area contributed by atoms with Crippen molar-refractivity contribution in [2.45, 2.75) is 12.3 Å². The lowest BCUT2D eigenvalue weighted by molar-refractivity contribution is -0.148. The summed E-state index contributed by atoms with van der Waals surface area (Å²) in [6.45, 7) is -1.43. The molecule has 0 heterocycles. The fraction of sp³-hybridized carbons (Fsp3) is 0.300. The van der Waals surface area contributed by atoms with E-state index < -0.39 is 19.0 Å². The molecule has 0 aliphatic carbocycles. The lowest BCUT2D eigenvalue weighted by atomic mass is 10.2. The molecular formula is C10H6BrF4NO. The third-order valence-electron chi connectivity index (χ3n) is 1.81. The second-order valence-corrected chi connectivity index (χ2v) is 3.96. The van der Waals surface area contributed by atoms with E-state index >= 15 is 0 Å². The molecule has 0 radical (unpaired) electrons. The summed E-state index contributed by atoms with van der Waals surface area (Å²) >= 11 is 3.06. The monoisotopic (exact) mass is 311 g/mol. The summed E-state index contributed by atoms with van der Waals surface area (Å²) in [5.74, 6) is -4.27. The molecule has 17 heavy (non-hydrogen) atoms. The highest BCUT2D eigenvalue weighted by Crippen LogP contribution is 2.26. The molecule has 0 N–H and O–H groups in total. The van der Waals surface area contributed by atoms with Gasteiger partial charge in [-0.2, -0.15) is 14.0 Å². The summed E-state index contributed by atoms with van der Waals surface area (Å²) in [5, 5.41) is 8.66. The summed E-state index contributed by atoms with van der Waals surface area (Å²) in [4.78, 5) is 0. The number of hydrogen-bond donors (Lipinski definition) is 0. The van der Waals surface area contributed by atoms with Gasteiger partial charge in [-0.25, -0.2) is 8.78 Å². The minimum absolute atomic E-state index is 0.0647. The van der Waals surface area contributed by atoms with Crippen molar-refractivity contribution < 1.29 is 22.3 Å². The summed E-state index contributed by atoms with van der Waals surface area (Å²) < 4.78 is 53.8. The number of hydrogen-bond acceptors (Lipinski definition) is 2. The molecule has 0 spiro atoms. The number of ether oxygens (including phenoxy) is 1. The normalized spacial score (nSPS) is 11.4. The number of rotatable bonds is 4. The zero-order valence-corrected chi connectivity index (χ0v) is 9.85. The van der Waals surface area contributed by atoms with Crippen molar-refractivity contribution in [3.63, 3.8) is 0 Å². The largest absolute Gasteiger partial charge is 0.487 e. The Morgan fingerprint density at radius 3 is 2.59 bits per heavy atom. The molecule has 0 bridgehead atoms. The van der Waals surface area contributed by atoms with Crippen molar-refractivity contribution in [1.29, 1.82) is 5.26 Å². The number of benzene rings is 1. The van der Waals surface area contributed by atoms with E-state index in [-0.39, 0.29) is 11.3 Å². The quantitative estimate of drug-likeness (QED) is 0.796. The first kappa shape index (κ1) is 13.8. The zero-order chi connectivity index (χ0) is 13.1. The topological polar surface area (TPSA) is 33.0 Å².